The average molecular weight is 242 g/mol. The molecule has 0 bridgehead atoms. The van der Waals surface area contributed by atoms with Gasteiger partial charge in [0.05, 0.1) is 11.2 Å². The zero-order valence-corrected chi connectivity index (χ0v) is 11.2. The summed E-state index contributed by atoms with van der Waals surface area (Å²) in [6, 6.07) is 12.5. The van der Waals surface area contributed by atoms with Crippen LogP contribution in [-0.4, -0.2) is 11.5 Å². The van der Waals surface area contributed by atoms with Gasteiger partial charge in [-0.15, -0.1) is 0 Å². The Morgan fingerprint density at radius 1 is 1.00 bits per heavy atom. The van der Waals surface area contributed by atoms with E-state index in [1.807, 2.05) is 6.07 Å². The first-order valence-electron chi connectivity index (χ1n) is 6.95. The molecule has 2 heteroatoms. The van der Waals surface area contributed by atoms with Gasteiger partial charge in [0.2, 0.25) is 0 Å². The van der Waals surface area contributed by atoms with Gasteiger partial charge >= 0.3 is 0 Å². The molecule has 0 fully saturated rings. The normalized spacial score (nSPS) is 10.9. The van der Waals surface area contributed by atoms with E-state index in [-0.39, 0.29) is 0 Å². The van der Waals surface area contributed by atoms with Gasteiger partial charge in [0.1, 0.15) is 0 Å². The molecule has 1 N–H and O–H groups in total. The fraction of sp³-hybridized carbons (Fsp3) is 0.438. The van der Waals surface area contributed by atoms with Crippen LogP contribution in [0.5, 0.6) is 0 Å². The number of unbranched alkanes of at least 4 members (excludes halogenated alkanes) is 3. The van der Waals surface area contributed by atoms with Gasteiger partial charge in [0, 0.05) is 11.9 Å². The Morgan fingerprint density at radius 2 is 1.89 bits per heavy atom. The lowest BCUT2D eigenvalue weighted by Crippen LogP contribution is -2.15. The molecule has 1 aromatic carbocycles. The van der Waals surface area contributed by atoms with Crippen LogP contribution in [0.25, 0.3) is 10.9 Å². The minimum absolute atomic E-state index is 0.872. The zero-order chi connectivity index (χ0) is 12.6. The quantitative estimate of drug-likeness (QED) is 0.745. The highest BCUT2D eigenvalue weighted by Crippen LogP contribution is 2.11. The number of fused-ring (bicyclic) bond motifs is 1. The summed E-state index contributed by atoms with van der Waals surface area (Å²) in [7, 11) is 0. The van der Waals surface area contributed by atoms with Crippen molar-refractivity contribution in [2.24, 2.45) is 0 Å². The first kappa shape index (κ1) is 13.0. The molecule has 2 rings (SSSR count). The molecule has 0 spiro atoms. The van der Waals surface area contributed by atoms with E-state index in [4.69, 9.17) is 0 Å². The molecule has 1 heterocycles. The Labute approximate surface area is 109 Å². The minimum Gasteiger partial charge on any atom is -0.311 e. The van der Waals surface area contributed by atoms with Gasteiger partial charge in [0.25, 0.3) is 0 Å². The van der Waals surface area contributed by atoms with Crippen molar-refractivity contribution in [2.75, 3.05) is 6.54 Å². The second kappa shape index (κ2) is 7.12. The predicted octanol–water partition coefficient (Wildman–Crippen LogP) is 3.90. The van der Waals surface area contributed by atoms with Crippen LogP contribution in [0.4, 0.5) is 0 Å². The van der Waals surface area contributed by atoms with Gasteiger partial charge in [-0.05, 0) is 25.1 Å². The van der Waals surface area contributed by atoms with E-state index in [0.29, 0.717) is 0 Å². The number of nitrogens with zero attached hydrogens (tertiary/aromatic N) is 1. The summed E-state index contributed by atoms with van der Waals surface area (Å²) >= 11 is 0. The van der Waals surface area contributed by atoms with E-state index in [2.05, 4.69) is 47.6 Å². The summed E-state index contributed by atoms with van der Waals surface area (Å²) in [5.41, 5.74) is 2.21. The molecule has 2 nitrogen and oxygen atoms in total. The van der Waals surface area contributed by atoms with Gasteiger partial charge in [-0.1, -0.05) is 50.5 Å². The summed E-state index contributed by atoms with van der Waals surface area (Å²) < 4.78 is 0. The van der Waals surface area contributed by atoms with Crippen LogP contribution in [0.2, 0.25) is 0 Å². The summed E-state index contributed by atoms with van der Waals surface area (Å²) in [5.74, 6) is 0. The Morgan fingerprint density at radius 3 is 2.78 bits per heavy atom. The first-order chi connectivity index (χ1) is 8.90. The van der Waals surface area contributed by atoms with Crippen molar-refractivity contribution >= 4 is 10.9 Å². The molecule has 0 aliphatic rings. The topological polar surface area (TPSA) is 24.9 Å². The lowest BCUT2D eigenvalue weighted by Gasteiger charge is -2.05. The molecular weight excluding hydrogens is 220 g/mol. The molecule has 96 valence electrons. The summed E-state index contributed by atoms with van der Waals surface area (Å²) in [4.78, 5) is 4.65. The number of pyridine rings is 1. The Bertz CT molecular complexity index is 479. The van der Waals surface area contributed by atoms with Gasteiger partial charge < -0.3 is 5.32 Å². The van der Waals surface area contributed by atoms with E-state index in [9.17, 15) is 0 Å². The van der Waals surface area contributed by atoms with Crippen molar-refractivity contribution in [1.82, 2.24) is 10.3 Å². The van der Waals surface area contributed by atoms with Crippen LogP contribution in [0, 0.1) is 0 Å². The van der Waals surface area contributed by atoms with E-state index in [0.717, 1.165) is 24.3 Å². The largest absolute Gasteiger partial charge is 0.311 e. The van der Waals surface area contributed by atoms with Crippen LogP contribution in [-0.2, 0) is 6.54 Å². The van der Waals surface area contributed by atoms with Crippen molar-refractivity contribution < 1.29 is 0 Å². The van der Waals surface area contributed by atoms with Crippen LogP contribution >= 0.6 is 0 Å². The maximum atomic E-state index is 4.65. The van der Waals surface area contributed by atoms with Crippen molar-refractivity contribution in [3.63, 3.8) is 0 Å². The molecule has 0 saturated heterocycles. The van der Waals surface area contributed by atoms with Gasteiger partial charge in [-0.25, -0.2) is 0 Å². The van der Waals surface area contributed by atoms with Crippen molar-refractivity contribution in [3.8, 4) is 0 Å². The number of hydrogen-bond acceptors (Lipinski definition) is 2. The van der Waals surface area contributed by atoms with Gasteiger partial charge in [-0.2, -0.15) is 0 Å². The third-order valence-electron chi connectivity index (χ3n) is 3.17. The maximum absolute atomic E-state index is 4.65. The Kier molecular flexibility index (Phi) is 5.15. The lowest BCUT2D eigenvalue weighted by atomic mass is 10.2. The molecule has 0 amide bonds. The molecule has 0 aliphatic carbocycles. The third kappa shape index (κ3) is 3.81. The van der Waals surface area contributed by atoms with Crippen LogP contribution in [0.3, 0.4) is 0 Å². The molecule has 0 radical (unpaired) electrons. The lowest BCUT2D eigenvalue weighted by molar-refractivity contribution is 0.594. The standard InChI is InChI=1S/C16H22N2/c1-2-3-4-7-12-17-13-15-11-10-14-8-5-6-9-16(14)18-15/h5-6,8-11,17H,2-4,7,12-13H2,1H3. The molecule has 1 aromatic heterocycles. The monoisotopic (exact) mass is 242 g/mol. The smallest absolute Gasteiger partial charge is 0.0705 e. The van der Waals surface area contributed by atoms with E-state index in [1.54, 1.807) is 0 Å². The molecule has 0 unspecified atom stereocenters. The first-order valence-corrected chi connectivity index (χ1v) is 6.95. The maximum Gasteiger partial charge on any atom is 0.0705 e. The minimum atomic E-state index is 0.872. The fourth-order valence-corrected chi connectivity index (χ4v) is 2.10. The number of aromatic nitrogens is 1. The highest BCUT2D eigenvalue weighted by atomic mass is 14.9. The second-order valence-electron chi connectivity index (χ2n) is 4.73. The molecule has 0 atom stereocenters. The van der Waals surface area contributed by atoms with Crippen LogP contribution in [0.15, 0.2) is 36.4 Å². The third-order valence-corrected chi connectivity index (χ3v) is 3.17. The van der Waals surface area contributed by atoms with Crippen molar-refractivity contribution in [2.45, 2.75) is 39.2 Å². The average Bonchev–Trinajstić information content (AvgIpc) is 2.42. The molecule has 18 heavy (non-hydrogen) atoms. The molecule has 0 aliphatic heterocycles. The Hall–Kier alpha value is -1.41. The highest BCUT2D eigenvalue weighted by molar-refractivity contribution is 5.78. The van der Waals surface area contributed by atoms with Crippen molar-refractivity contribution in [3.05, 3.63) is 42.1 Å². The molecule has 0 saturated carbocycles. The highest BCUT2D eigenvalue weighted by Gasteiger charge is 1.97. The number of para-hydroxylation sites is 1. The number of nitrogens with one attached hydrogen (secondary N) is 1. The molecule has 2 aromatic rings. The van der Waals surface area contributed by atoms with E-state index < -0.39 is 0 Å². The number of hydrogen-bond donors (Lipinski definition) is 1. The summed E-state index contributed by atoms with van der Waals surface area (Å²) in [5, 5.41) is 4.67. The fourth-order valence-electron chi connectivity index (χ4n) is 2.10. The van der Waals surface area contributed by atoms with Gasteiger partial charge in [-0.3, -0.25) is 4.98 Å². The summed E-state index contributed by atoms with van der Waals surface area (Å²) in [6.45, 7) is 4.21. The molecular formula is C16H22N2. The zero-order valence-electron chi connectivity index (χ0n) is 11.2. The predicted molar refractivity (Wildman–Crippen MR) is 77.6 cm³/mol. The number of benzene rings is 1. The van der Waals surface area contributed by atoms with Crippen LogP contribution < -0.4 is 5.32 Å². The van der Waals surface area contributed by atoms with E-state index >= 15 is 0 Å². The summed E-state index contributed by atoms with van der Waals surface area (Å²) in [6.07, 6.45) is 5.23. The second-order valence-corrected chi connectivity index (χ2v) is 4.73. The van der Waals surface area contributed by atoms with Crippen molar-refractivity contribution in [1.29, 1.82) is 0 Å². The Balaban J connectivity index is 1.81. The van der Waals surface area contributed by atoms with E-state index in [1.165, 1.54) is 31.1 Å². The van der Waals surface area contributed by atoms with Gasteiger partial charge in [0.15, 0.2) is 0 Å². The SMILES string of the molecule is CCCCCCNCc1ccc2ccccc2n1. The van der Waals surface area contributed by atoms with Crippen LogP contribution in [0.1, 0.15) is 38.3 Å². The number of rotatable bonds is 7.